The maximum atomic E-state index is 12.8. The van der Waals surface area contributed by atoms with Crippen LogP contribution in [0.4, 0.5) is 0 Å². The Labute approximate surface area is 159 Å². The van der Waals surface area contributed by atoms with Crippen LogP contribution < -0.4 is 9.47 Å². The molecule has 5 nitrogen and oxygen atoms in total. The lowest BCUT2D eigenvalue weighted by molar-refractivity contribution is -0.139. The largest absolute Gasteiger partial charge is 0.493 e. The molecule has 0 aromatic heterocycles. The lowest BCUT2D eigenvalue weighted by Crippen LogP contribution is -2.33. The van der Waals surface area contributed by atoms with Gasteiger partial charge in [-0.3, -0.25) is 14.5 Å². The molecular formula is C22H25NO4. The van der Waals surface area contributed by atoms with E-state index in [1.54, 1.807) is 14.2 Å². The number of rotatable bonds is 7. The number of methoxy groups -OCH3 is 2. The average Bonchev–Trinajstić information content (AvgIpc) is 2.99. The van der Waals surface area contributed by atoms with Crippen LogP contribution in [0, 0.1) is 5.92 Å². The second kappa shape index (κ2) is 8.25. The molecule has 0 saturated carbocycles. The monoisotopic (exact) mass is 367 g/mol. The highest BCUT2D eigenvalue weighted by Crippen LogP contribution is 2.34. The quantitative estimate of drug-likeness (QED) is 0.704. The lowest BCUT2D eigenvalue weighted by atomic mass is 9.86. The Kier molecular flexibility index (Phi) is 5.79. The Balaban J connectivity index is 1.67. The molecule has 2 aromatic rings. The third kappa shape index (κ3) is 3.97. The first kappa shape index (κ1) is 19.0. The minimum atomic E-state index is -0.287. The smallest absolute Gasteiger partial charge is 0.233 e. The summed E-state index contributed by atoms with van der Waals surface area (Å²) in [4.78, 5) is 26.7. The molecule has 3 rings (SSSR count). The molecule has 2 atom stereocenters. The number of nitrogens with zero attached hydrogens (tertiary/aromatic N) is 1. The molecule has 1 aliphatic heterocycles. The normalized spacial score (nSPS) is 17.9. The van der Waals surface area contributed by atoms with Gasteiger partial charge in [-0.05, 0) is 35.6 Å². The van der Waals surface area contributed by atoms with Crippen molar-refractivity contribution in [3.63, 3.8) is 0 Å². The molecule has 1 fully saturated rings. The van der Waals surface area contributed by atoms with Crippen molar-refractivity contribution in [2.24, 2.45) is 5.92 Å². The van der Waals surface area contributed by atoms with Crippen LogP contribution in [0.2, 0.25) is 0 Å². The first-order chi connectivity index (χ1) is 13.0. The van der Waals surface area contributed by atoms with E-state index in [2.05, 4.69) is 0 Å². The predicted molar refractivity (Wildman–Crippen MR) is 103 cm³/mol. The van der Waals surface area contributed by atoms with E-state index in [9.17, 15) is 9.59 Å². The molecular weight excluding hydrogens is 342 g/mol. The van der Waals surface area contributed by atoms with Crippen molar-refractivity contribution >= 4 is 11.8 Å². The molecule has 1 heterocycles. The fraction of sp³-hybridized carbons (Fsp3) is 0.364. The van der Waals surface area contributed by atoms with Gasteiger partial charge in [0.1, 0.15) is 0 Å². The third-order valence-electron chi connectivity index (χ3n) is 5.28. The number of ether oxygens (including phenoxy) is 2. The van der Waals surface area contributed by atoms with Crippen LogP contribution in [0.3, 0.4) is 0 Å². The van der Waals surface area contributed by atoms with Crippen molar-refractivity contribution < 1.29 is 19.1 Å². The van der Waals surface area contributed by atoms with Crippen molar-refractivity contribution in [3.8, 4) is 11.5 Å². The molecule has 27 heavy (non-hydrogen) atoms. The third-order valence-corrected chi connectivity index (χ3v) is 5.28. The summed E-state index contributed by atoms with van der Waals surface area (Å²) in [5.41, 5.74) is 2.08. The average molecular weight is 367 g/mol. The van der Waals surface area contributed by atoms with E-state index < -0.39 is 0 Å². The molecule has 2 aromatic carbocycles. The van der Waals surface area contributed by atoms with Gasteiger partial charge in [0.15, 0.2) is 11.5 Å². The van der Waals surface area contributed by atoms with Crippen LogP contribution in [0.15, 0.2) is 48.5 Å². The van der Waals surface area contributed by atoms with Crippen LogP contribution in [-0.2, 0) is 16.0 Å². The van der Waals surface area contributed by atoms with Gasteiger partial charge >= 0.3 is 0 Å². The van der Waals surface area contributed by atoms with Gasteiger partial charge in [-0.2, -0.15) is 0 Å². The Hall–Kier alpha value is -2.82. The maximum absolute atomic E-state index is 12.8. The highest BCUT2D eigenvalue weighted by molar-refractivity contribution is 6.04. The minimum Gasteiger partial charge on any atom is -0.493 e. The van der Waals surface area contributed by atoms with Gasteiger partial charge in [-0.15, -0.1) is 0 Å². The lowest BCUT2D eigenvalue weighted by Gasteiger charge is -2.19. The van der Waals surface area contributed by atoms with Crippen molar-refractivity contribution in [3.05, 3.63) is 59.7 Å². The number of amides is 2. The van der Waals surface area contributed by atoms with Crippen molar-refractivity contribution in [2.75, 3.05) is 20.8 Å². The van der Waals surface area contributed by atoms with Gasteiger partial charge in [-0.1, -0.05) is 43.3 Å². The van der Waals surface area contributed by atoms with Crippen LogP contribution in [0.5, 0.6) is 11.5 Å². The van der Waals surface area contributed by atoms with Gasteiger partial charge in [0.2, 0.25) is 11.8 Å². The zero-order valence-electron chi connectivity index (χ0n) is 16.0. The maximum Gasteiger partial charge on any atom is 0.233 e. The zero-order chi connectivity index (χ0) is 19.4. The Morgan fingerprint density at radius 3 is 2.41 bits per heavy atom. The predicted octanol–water partition coefficient (Wildman–Crippen LogP) is 3.43. The van der Waals surface area contributed by atoms with E-state index in [0.29, 0.717) is 24.5 Å². The molecule has 0 spiro atoms. The van der Waals surface area contributed by atoms with Crippen molar-refractivity contribution in [2.45, 2.75) is 25.7 Å². The molecule has 1 saturated heterocycles. The van der Waals surface area contributed by atoms with Gasteiger partial charge < -0.3 is 9.47 Å². The van der Waals surface area contributed by atoms with Crippen LogP contribution in [0.1, 0.15) is 30.4 Å². The number of imide groups is 1. The van der Waals surface area contributed by atoms with Crippen molar-refractivity contribution in [1.82, 2.24) is 4.90 Å². The first-order valence-corrected chi connectivity index (χ1v) is 9.15. The number of carbonyl (C=O) groups is 2. The summed E-state index contributed by atoms with van der Waals surface area (Å²) in [6.45, 7) is 2.40. The summed E-state index contributed by atoms with van der Waals surface area (Å²) < 4.78 is 10.6. The molecule has 142 valence electrons. The van der Waals surface area contributed by atoms with E-state index in [-0.39, 0.29) is 30.1 Å². The van der Waals surface area contributed by atoms with Crippen LogP contribution in [0.25, 0.3) is 0 Å². The van der Waals surface area contributed by atoms with Crippen molar-refractivity contribution in [1.29, 1.82) is 0 Å². The second-order valence-electron chi connectivity index (χ2n) is 6.83. The Morgan fingerprint density at radius 2 is 1.74 bits per heavy atom. The summed E-state index contributed by atoms with van der Waals surface area (Å²) in [5.74, 6) is 0.875. The van der Waals surface area contributed by atoms with Gasteiger partial charge in [0.05, 0.1) is 20.1 Å². The van der Waals surface area contributed by atoms with Gasteiger partial charge in [0.25, 0.3) is 0 Å². The SMILES string of the molecule is COc1ccc(CCN2C(=O)C[C@@H]([C@@H](C)c3ccccc3)C2=O)cc1OC. The molecule has 5 heteroatoms. The Bertz CT molecular complexity index is 818. The van der Waals surface area contributed by atoms with E-state index >= 15 is 0 Å². The van der Waals surface area contributed by atoms with Gasteiger partial charge in [0, 0.05) is 13.0 Å². The minimum absolute atomic E-state index is 0.0220. The van der Waals surface area contributed by atoms with Crippen LogP contribution >= 0.6 is 0 Å². The molecule has 0 radical (unpaired) electrons. The molecule has 1 aliphatic rings. The molecule has 0 bridgehead atoms. The fourth-order valence-corrected chi connectivity index (χ4v) is 3.60. The number of hydrogen-bond acceptors (Lipinski definition) is 4. The number of hydrogen-bond donors (Lipinski definition) is 0. The zero-order valence-corrected chi connectivity index (χ0v) is 16.0. The standard InChI is InChI=1S/C22H25NO4/c1-15(17-7-5-4-6-8-17)18-14-21(24)23(22(18)25)12-11-16-9-10-19(26-2)20(13-16)27-3/h4-10,13,15,18H,11-12,14H2,1-3H3/t15-,18-/m0/s1. The van der Waals surface area contributed by atoms with E-state index in [1.165, 1.54) is 4.90 Å². The molecule has 0 unspecified atom stereocenters. The number of carbonyl (C=O) groups excluding carboxylic acids is 2. The summed E-state index contributed by atoms with van der Waals surface area (Å²) in [6, 6.07) is 15.5. The van der Waals surface area contributed by atoms with E-state index in [1.807, 2.05) is 55.5 Å². The Morgan fingerprint density at radius 1 is 1.04 bits per heavy atom. The van der Waals surface area contributed by atoms with Crippen LogP contribution in [-0.4, -0.2) is 37.5 Å². The summed E-state index contributed by atoms with van der Waals surface area (Å²) in [7, 11) is 3.18. The molecule has 0 aliphatic carbocycles. The summed E-state index contributed by atoms with van der Waals surface area (Å²) in [5, 5.41) is 0. The summed E-state index contributed by atoms with van der Waals surface area (Å²) >= 11 is 0. The number of benzene rings is 2. The topological polar surface area (TPSA) is 55.8 Å². The highest BCUT2D eigenvalue weighted by atomic mass is 16.5. The van der Waals surface area contributed by atoms with E-state index in [0.717, 1.165) is 11.1 Å². The molecule has 2 amide bonds. The fourth-order valence-electron chi connectivity index (χ4n) is 3.60. The number of likely N-dealkylation sites (tertiary alicyclic amines) is 1. The second-order valence-corrected chi connectivity index (χ2v) is 6.83. The summed E-state index contributed by atoms with van der Waals surface area (Å²) in [6.07, 6.45) is 0.866. The highest BCUT2D eigenvalue weighted by Gasteiger charge is 2.41. The van der Waals surface area contributed by atoms with E-state index in [4.69, 9.17) is 9.47 Å². The molecule has 0 N–H and O–H groups in total. The van der Waals surface area contributed by atoms with Gasteiger partial charge in [-0.25, -0.2) is 0 Å². The first-order valence-electron chi connectivity index (χ1n) is 9.15.